The highest BCUT2D eigenvalue weighted by Crippen LogP contribution is 2.13. The normalized spacial score (nSPS) is 12.5. The van der Waals surface area contributed by atoms with Gasteiger partial charge in [0.25, 0.3) is 0 Å². The highest BCUT2D eigenvalue weighted by molar-refractivity contribution is 7.99. The molecule has 0 rings (SSSR count). The van der Waals surface area contributed by atoms with Crippen LogP contribution in [0.5, 0.6) is 0 Å². The first kappa shape index (κ1) is 9.80. The molecular formula is C7H13NOS. The van der Waals surface area contributed by atoms with Crippen molar-refractivity contribution in [1.29, 1.82) is 5.26 Å². The Labute approximate surface area is 66.2 Å². The SMILES string of the molecule is CC(CC#N)SCCCO. The van der Waals surface area contributed by atoms with Crippen molar-refractivity contribution in [3.63, 3.8) is 0 Å². The maximum absolute atomic E-state index is 8.43. The van der Waals surface area contributed by atoms with Crippen LogP contribution in [0.15, 0.2) is 0 Å². The van der Waals surface area contributed by atoms with E-state index < -0.39 is 0 Å². The summed E-state index contributed by atoms with van der Waals surface area (Å²) < 4.78 is 0. The zero-order valence-corrected chi connectivity index (χ0v) is 7.02. The van der Waals surface area contributed by atoms with Gasteiger partial charge in [0.15, 0.2) is 0 Å². The molecule has 0 heterocycles. The summed E-state index contributed by atoms with van der Waals surface area (Å²) >= 11 is 1.74. The van der Waals surface area contributed by atoms with Crippen LogP contribution < -0.4 is 0 Å². The van der Waals surface area contributed by atoms with Gasteiger partial charge in [0.2, 0.25) is 0 Å². The monoisotopic (exact) mass is 159 g/mol. The summed E-state index contributed by atoms with van der Waals surface area (Å²) in [5, 5.41) is 17.1. The molecule has 0 aromatic rings. The van der Waals surface area contributed by atoms with E-state index in [0.717, 1.165) is 12.2 Å². The minimum Gasteiger partial charge on any atom is -0.396 e. The van der Waals surface area contributed by atoms with E-state index in [1.165, 1.54) is 0 Å². The summed E-state index contributed by atoms with van der Waals surface area (Å²) in [6, 6.07) is 2.11. The van der Waals surface area contributed by atoms with Gasteiger partial charge in [-0.1, -0.05) is 6.92 Å². The maximum atomic E-state index is 8.43. The molecule has 0 bridgehead atoms. The number of hydrogen-bond donors (Lipinski definition) is 1. The Balaban J connectivity index is 3.06. The lowest BCUT2D eigenvalue weighted by atomic mass is 10.4. The summed E-state index contributed by atoms with van der Waals surface area (Å²) in [5.41, 5.74) is 0. The molecule has 3 heteroatoms. The molecule has 0 aromatic carbocycles. The van der Waals surface area contributed by atoms with Crippen molar-refractivity contribution in [1.82, 2.24) is 0 Å². The van der Waals surface area contributed by atoms with Crippen LogP contribution in [0.1, 0.15) is 19.8 Å². The van der Waals surface area contributed by atoms with Crippen molar-refractivity contribution < 1.29 is 5.11 Å². The Bertz CT molecular complexity index is 111. The average Bonchev–Trinajstić information content (AvgIpc) is 1.89. The Morgan fingerprint density at radius 2 is 2.40 bits per heavy atom. The lowest BCUT2D eigenvalue weighted by Crippen LogP contribution is -1.96. The molecule has 0 aliphatic rings. The quantitative estimate of drug-likeness (QED) is 0.617. The standard InChI is InChI=1S/C7H13NOS/c1-7(3-4-8)10-6-2-5-9/h7,9H,2-3,5-6H2,1H3. The van der Waals surface area contributed by atoms with Gasteiger partial charge >= 0.3 is 0 Å². The topological polar surface area (TPSA) is 44.0 Å². The molecule has 0 saturated carbocycles. The van der Waals surface area contributed by atoms with E-state index in [-0.39, 0.29) is 6.61 Å². The molecule has 0 aliphatic carbocycles. The van der Waals surface area contributed by atoms with Crippen LogP contribution in [0, 0.1) is 11.3 Å². The fourth-order valence-electron chi connectivity index (χ4n) is 0.537. The second kappa shape index (κ2) is 6.91. The molecule has 2 nitrogen and oxygen atoms in total. The zero-order valence-electron chi connectivity index (χ0n) is 6.21. The van der Waals surface area contributed by atoms with E-state index in [9.17, 15) is 0 Å². The number of thioether (sulfide) groups is 1. The first-order valence-corrected chi connectivity index (χ1v) is 4.45. The summed E-state index contributed by atoms with van der Waals surface area (Å²) in [5.74, 6) is 0.958. The van der Waals surface area contributed by atoms with Crippen LogP contribution in [-0.2, 0) is 0 Å². The van der Waals surface area contributed by atoms with Crippen molar-refractivity contribution in [2.75, 3.05) is 12.4 Å². The molecule has 0 aromatic heterocycles. The zero-order chi connectivity index (χ0) is 7.82. The largest absolute Gasteiger partial charge is 0.396 e. The predicted molar refractivity (Wildman–Crippen MR) is 43.9 cm³/mol. The maximum Gasteiger partial charge on any atom is 0.0633 e. The Morgan fingerprint density at radius 3 is 2.90 bits per heavy atom. The second-order valence-electron chi connectivity index (χ2n) is 2.12. The number of hydrogen-bond acceptors (Lipinski definition) is 3. The number of aliphatic hydroxyl groups excluding tert-OH is 1. The molecule has 0 aliphatic heterocycles. The van der Waals surface area contributed by atoms with Gasteiger partial charge in [-0.15, -0.1) is 0 Å². The van der Waals surface area contributed by atoms with Crippen molar-refractivity contribution in [2.45, 2.75) is 25.0 Å². The molecule has 0 radical (unpaired) electrons. The van der Waals surface area contributed by atoms with Crippen LogP contribution in [-0.4, -0.2) is 22.7 Å². The molecule has 0 spiro atoms. The molecular weight excluding hydrogens is 146 g/mol. The van der Waals surface area contributed by atoms with Gasteiger partial charge in [-0.2, -0.15) is 17.0 Å². The first-order chi connectivity index (χ1) is 4.81. The van der Waals surface area contributed by atoms with Gasteiger partial charge < -0.3 is 5.11 Å². The predicted octanol–water partition coefficient (Wildman–Crippen LogP) is 1.40. The van der Waals surface area contributed by atoms with Crippen LogP contribution >= 0.6 is 11.8 Å². The lowest BCUT2D eigenvalue weighted by Gasteiger charge is -2.04. The van der Waals surface area contributed by atoms with E-state index >= 15 is 0 Å². The fraction of sp³-hybridized carbons (Fsp3) is 0.857. The van der Waals surface area contributed by atoms with Crippen molar-refractivity contribution in [3.8, 4) is 6.07 Å². The number of nitrogens with zero attached hydrogens (tertiary/aromatic N) is 1. The molecule has 0 saturated heterocycles. The molecule has 10 heavy (non-hydrogen) atoms. The van der Waals surface area contributed by atoms with E-state index in [2.05, 4.69) is 6.07 Å². The summed E-state index contributed by atoms with van der Waals surface area (Å²) in [6.07, 6.45) is 1.44. The molecule has 1 unspecified atom stereocenters. The van der Waals surface area contributed by atoms with Gasteiger partial charge in [-0.3, -0.25) is 0 Å². The minimum atomic E-state index is 0.256. The van der Waals surface area contributed by atoms with Crippen molar-refractivity contribution in [2.24, 2.45) is 0 Å². The van der Waals surface area contributed by atoms with Crippen LogP contribution in [0.25, 0.3) is 0 Å². The third-order valence-electron chi connectivity index (χ3n) is 1.08. The number of nitriles is 1. The fourth-order valence-corrected chi connectivity index (χ4v) is 1.43. The van der Waals surface area contributed by atoms with E-state index in [1.54, 1.807) is 11.8 Å². The van der Waals surface area contributed by atoms with Crippen molar-refractivity contribution >= 4 is 11.8 Å². The number of aliphatic hydroxyl groups is 1. The van der Waals surface area contributed by atoms with Crippen molar-refractivity contribution in [3.05, 3.63) is 0 Å². The minimum absolute atomic E-state index is 0.256. The third kappa shape index (κ3) is 5.93. The first-order valence-electron chi connectivity index (χ1n) is 3.40. The van der Waals surface area contributed by atoms with Crippen LogP contribution in [0.4, 0.5) is 0 Å². The molecule has 1 atom stereocenters. The molecule has 1 N–H and O–H groups in total. The molecule has 58 valence electrons. The van der Waals surface area contributed by atoms with Gasteiger partial charge in [-0.25, -0.2) is 0 Å². The van der Waals surface area contributed by atoms with E-state index in [1.807, 2.05) is 6.92 Å². The summed E-state index contributed by atoms with van der Waals surface area (Å²) in [6.45, 7) is 2.29. The van der Waals surface area contributed by atoms with E-state index in [0.29, 0.717) is 11.7 Å². The average molecular weight is 159 g/mol. The van der Waals surface area contributed by atoms with Gasteiger partial charge in [-0.05, 0) is 12.2 Å². The number of rotatable bonds is 5. The van der Waals surface area contributed by atoms with Crippen LogP contribution in [0.2, 0.25) is 0 Å². The smallest absolute Gasteiger partial charge is 0.0633 e. The summed E-state index contributed by atoms with van der Waals surface area (Å²) in [4.78, 5) is 0. The molecule has 0 fully saturated rings. The Morgan fingerprint density at radius 1 is 1.70 bits per heavy atom. The lowest BCUT2D eigenvalue weighted by molar-refractivity contribution is 0.296. The highest BCUT2D eigenvalue weighted by atomic mass is 32.2. The Kier molecular flexibility index (Phi) is 6.78. The summed E-state index contributed by atoms with van der Waals surface area (Å²) in [7, 11) is 0. The van der Waals surface area contributed by atoms with Gasteiger partial charge in [0.05, 0.1) is 6.07 Å². The third-order valence-corrected chi connectivity index (χ3v) is 2.34. The highest BCUT2D eigenvalue weighted by Gasteiger charge is 1.99. The Hall–Kier alpha value is -0.200. The molecule has 0 amide bonds. The van der Waals surface area contributed by atoms with Gasteiger partial charge in [0.1, 0.15) is 0 Å². The van der Waals surface area contributed by atoms with Gasteiger partial charge in [0, 0.05) is 18.3 Å². The van der Waals surface area contributed by atoms with Crippen LogP contribution in [0.3, 0.4) is 0 Å². The van der Waals surface area contributed by atoms with E-state index in [4.69, 9.17) is 10.4 Å². The second-order valence-corrected chi connectivity index (χ2v) is 3.67.